The molecule has 2 heterocycles. The maximum absolute atomic E-state index is 12.7. The summed E-state index contributed by atoms with van der Waals surface area (Å²) in [5, 5.41) is 19.8. The number of rotatable bonds is 1. The monoisotopic (exact) mass is 250 g/mol. The Labute approximate surface area is 95.6 Å². The van der Waals surface area contributed by atoms with Crippen LogP contribution in [0, 0.1) is 0 Å². The molecule has 0 fully saturated rings. The van der Waals surface area contributed by atoms with E-state index >= 15 is 0 Å². The van der Waals surface area contributed by atoms with E-state index in [4.69, 9.17) is 0 Å². The van der Waals surface area contributed by atoms with Crippen LogP contribution in [0.2, 0.25) is 0 Å². The number of aromatic nitrogens is 3. The lowest BCUT2D eigenvalue weighted by molar-refractivity contribution is -0.263. The Bertz CT molecular complexity index is 426. The molecular weight excluding hydrogens is 237 g/mol. The summed E-state index contributed by atoms with van der Waals surface area (Å²) < 4.78 is 39.6. The van der Waals surface area contributed by atoms with E-state index in [2.05, 4.69) is 15.5 Å². The van der Waals surface area contributed by atoms with Crippen molar-refractivity contribution in [1.29, 1.82) is 0 Å². The molecular formula is C9H13F3N4O. The highest BCUT2D eigenvalue weighted by Crippen LogP contribution is 2.38. The normalized spacial score (nSPS) is 24.2. The Morgan fingerprint density at radius 3 is 2.65 bits per heavy atom. The Morgan fingerprint density at radius 2 is 2.06 bits per heavy atom. The van der Waals surface area contributed by atoms with Crippen molar-refractivity contribution < 1.29 is 18.3 Å². The Balaban J connectivity index is 2.51. The summed E-state index contributed by atoms with van der Waals surface area (Å²) in [5.41, 5.74) is -2.98. The molecule has 8 heteroatoms. The van der Waals surface area contributed by atoms with Crippen molar-refractivity contribution in [3.8, 4) is 0 Å². The molecule has 5 nitrogen and oxygen atoms in total. The van der Waals surface area contributed by atoms with Gasteiger partial charge in [-0.1, -0.05) is 0 Å². The molecule has 0 bridgehead atoms. The van der Waals surface area contributed by atoms with E-state index in [0.717, 1.165) is 0 Å². The third-order valence-corrected chi connectivity index (χ3v) is 2.92. The van der Waals surface area contributed by atoms with E-state index in [1.807, 2.05) is 0 Å². The molecule has 17 heavy (non-hydrogen) atoms. The molecule has 2 atom stereocenters. The molecule has 2 unspecified atom stereocenters. The van der Waals surface area contributed by atoms with E-state index < -0.39 is 17.6 Å². The summed E-state index contributed by atoms with van der Waals surface area (Å²) in [7, 11) is 0. The van der Waals surface area contributed by atoms with Crippen LogP contribution in [-0.2, 0) is 12.1 Å². The number of nitrogens with zero attached hydrogens (tertiary/aromatic N) is 3. The van der Waals surface area contributed by atoms with Gasteiger partial charge < -0.3 is 15.0 Å². The Morgan fingerprint density at radius 1 is 1.41 bits per heavy atom. The third kappa shape index (κ3) is 1.81. The van der Waals surface area contributed by atoms with Crippen molar-refractivity contribution in [3.63, 3.8) is 0 Å². The minimum absolute atomic E-state index is 0.224. The predicted octanol–water partition coefficient (Wildman–Crippen LogP) is 0.712. The van der Waals surface area contributed by atoms with E-state index in [0.29, 0.717) is 25.8 Å². The van der Waals surface area contributed by atoms with Gasteiger partial charge in [0.2, 0.25) is 5.60 Å². The summed E-state index contributed by atoms with van der Waals surface area (Å²) in [6.07, 6.45) is -4.78. The standard InChI is InChI=1S/C9H13F3N4O/c1-5-3-13-4-6-14-15-7(16(5)6)8(2,17)9(10,11)12/h5,13,17H,3-4H2,1-2H3. The highest BCUT2D eigenvalue weighted by molar-refractivity contribution is 5.10. The maximum Gasteiger partial charge on any atom is 0.424 e. The van der Waals surface area contributed by atoms with Gasteiger partial charge in [-0.3, -0.25) is 0 Å². The highest BCUT2D eigenvalue weighted by atomic mass is 19.4. The molecule has 0 saturated carbocycles. The summed E-state index contributed by atoms with van der Waals surface area (Å²) >= 11 is 0. The number of fused-ring (bicyclic) bond motifs is 1. The number of halogens is 3. The van der Waals surface area contributed by atoms with E-state index in [9.17, 15) is 18.3 Å². The lowest BCUT2D eigenvalue weighted by Crippen LogP contribution is -2.44. The van der Waals surface area contributed by atoms with Gasteiger partial charge in [0, 0.05) is 12.6 Å². The summed E-state index contributed by atoms with van der Waals surface area (Å²) in [4.78, 5) is 0. The van der Waals surface area contributed by atoms with Gasteiger partial charge in [0.05, 0.1) is 6.54 Å². The molecule has 1 aromatic heterocycles. The average molecular weight is 250 g/mol. The van der Waals surface area contributed by atoms with E-state index in [-0.39, 0.29) is 6.04 Å². The van der Waals surface area contributed by atoms with Crippen molar-refractivity contribution in [1.82, 2.24) is 20.1 Å². The molecule has 2 rings (SSSR count). The van der Waals surface area contributed by atoms with Gasteiger partial charge in [0.1, 0.15) is 5.82 Å². The quantitative estimate of drug-likeness (QED) is 0.770. The zero-order chi connectivity index (χ0) is 12.8. The van der Waals surface area contributed by atoms with Crippen molar-refractivity contribution in [2.75, 3.05) is 6.54 Å². The van der Waals surface area contributed by atoms with Gasteiger partial charge >= 0.3 is 6.18 Å². The van der Waals surface area contributed by atoms with Crippen LogP contribution in [0.3, 0.4) is 0 Å². The highest BCUT2D eigenvalue weighted by Gasteiger charge is 2.55. The second-order valence-electron chi connectivity index (χ2n) is 4.36. The van der Waals surface area contributed by atoms with Crippen LogP contribution in [-0.4, -0.2) is 32.6 Å². The topological polar surface area (TPSA) is 63.0 Å². The number of aliphatic hydroxyl groups is 1. The van der Waals surface area contributed by atoms with E-state index in [1.54, 1.807) is 6.92 Å². The van der Waals surface area contributed by atoms with Crippen LogP contribution in [0.5, 0.6) is 0 Å². The first-order valence-electron chi connectivity index (χ1n) is 5.19. The molecule has 2 N–H and O–H groups in total. The average Bonchev–Trinajstić information content (AvgIpc) is 2.61. The first-order chi connectivity index (χ1) is 7.75. The molecule has 1 aromatic rings. The lowest BCUT2D eigenvalue weighted by Gasteiger charge is -2.30. The van der Waals surface area contributed by atoms with Gasteiger partial charge in [0.15, 0.2) is 5.82 Å². The first kappa shape index (κ1) is 12.3. The molecule has 0 radical (unpaired) electrons. The molecule has 0 saturated heterocycles. The molecule has 1 aliphatic heterocycles. The fourth-order valence-electron chi connectivity index (χ4n) is 1.85. The fraction of sp³-hybridized carbons (Fsp3) is 0.778. The second kappa shape index (κ2) is 3.67. The zero-order valence-electron chi connectivity index (χ0n) is 9.41. The van der Waals surface area contributed by atoms with Crippen molar-refractivity contribution >= 4 is 0 Å². The maximum atomic E-state index is 12.7. The molecule has 96 valence electrons. The van der Waals surface area contributed by atoms with Gasteiger partial charge in [-0.25, -0.2) is 0 Å². The van der Waals surface area contributed by atoms with Crippen LogP contribution in [0.25, 0.3) is 0 Å². The first-order valence-corrected chi connectivity index (χ1v) is 5.19. The van der Waals surface area contributed by atoms with Crippen LogP contribution in [0.1, 0.15) is 31.5 Å². The number of alkyl halides is 3. The van der Waals surface area contributed by atoms with Crippen molar-refractivity contribution in [2.24, 2.45) is 0 Å². The van der Waals surface area contributed by atoms with Gasteiger partial charge in [-0.2, -0.15) is 13.2 Å². The zero-order valence-corrected chi connectivity index (χ0v) is 9.41. The third-order valence-electron chi connectivity index (χ3n) is 2.92. The minimum Gasteiger partial charge on any atom is -0.374 e. The van der Waals surface area contributed by atoms with Crippen LogP contribution < -0.4 is 5.32 Å². The Kier molecular flexibility index (Phi) is 2.66. The molecule has 0 aromatic carbocycles. The number of nitrogens with one attached hydrogen (secondary N) is 1. The number of hydrogen-bond acceptors (Lipinski definition) is 4. The molecule has 0 aliphatic carbocycles. The Hall–Kier alpha value is -1.15. The van der Waals surface area contributed by atoms with Crippen LogP contribution in [0.15, 0.2) is 0 Å². The summed E-state index contributed by atoms with van der Waals surface area (Å²) in [5.74, 6) is -0.0442. The van der Waals surface area contributed by atoms with Crippen molar-refractivity contribution in [3.05, 3.63) is 11.6 Å². The lowest BCUT2D eigenvalue weighted by atomic mass is 10.0. The SMILES string of the molecule is CC1CNCc2nnc(C(C)(O)C(F)(F)F)n21. The predicted molar refractivity (Wildman–Crippen MR) is 52.1 cm³/mol. The van der Waals surface area contributed by atoms with Crippen LogP contribution >= 0.6 is 0 Å². The van der Waals surface area contributed by atoms with Gasteiger partial charge in [-0.05, 0) is 13.8 Å². The van der Waals surface area contributed by atoms with E-state index in [1.165, 1.54) is 4.57 Å². The molecule has 1 aliphatic rings. The fourth-order valence-corrected chi connectivity index (χ4v) is 1.85. The summed E-state index contributed by atoms with van der Waals surface area (Å²) in [6.45, 7) is 3.31. The summed E-state index contributed by atoms with van der Waals surface area (Å²) in [6, 6.07) is -0.224. The molecule has 0 spiro atoms. The van der Waals surface area contributed by atoms with Crippen LogP contribution in [0.4, 0.5) is 13.2 Å². The van der Waals surface area contributed by atoms with Crippen molar-refractivity contribution in [2.45, 2.75) is 38.2 Å². The largest absolute Gasteiger partial charge is 0.424 e. The second-order valence-corrected chi connectivity index (χ2v) is 4.36. The number of hydrogen-bond donors (Lipinski definition) is 2. The molecule has 0 amide bonds. The smallest absolute Gasteiger partial charge is 0.374 e. The van der Waals surface area contributed by atoms with Gasteiger partial charge in [-0.15, -0.1) is 10.2 Å². The van der Waals surface area contributed by atoms with Gasteiger partial charge in [0.25, 0.3) is 0 Å². The minimum atomic E-state index is -4.78.